The molecule has 0 spiro atoms. The average molecular weight is 658 g/mol. The van der Waals surface area contributed by atoms with Crippen LogP contribution >= 0.6 is 11.6 Å². The largest absolute Gasteiger partial charge is 0.474 e. The maximum Gasteiger partial charge on any atom is 0.416 e. The molecule has 0 aliphatic heterocycles. The summed E-state index contributed by atoms with van der Waals surface area (Å²) in [4.78, 5) is 25.0. The van der Waals surface area contributed by atoms with E-state index < -0.39 is 23.8 Å². The monoisotopic (exact) mass is 657 g/mol. The molecule has 0 heterocycles. The summed E-state index contributed by atoms with van der Waals surface area (Å²) in [5, 5.41) is 3.12. The first-order chi connectivity index (χ1) is 22.2. The number of esters is 1. The molecule has 0 radical (unpaired) electrons. The number of allylic oxidation sites excluding steroid dienone is 10. The fraction of sp³-hybridized carbons (Fsp3) is 0.351. The number of halogens is 4. The van der Waals surface area contributed by atoms with E-state index in [9.17, 15) is 22.8 Å². The van der Waals surface area contributed by atoms with Gasteiger partial charge < -0.3 is 14.8 Å². The zero-order valence-electron chi connectivity index (χ0n) is 26.2. The van der Waals surface area contributed by atoms with Crippen LogP contribution < -0.4 is 10.1 Å². The van der Waals surface area contributed by atoms with Crippen LogP contribution in [0, 0.1) is 0 Å². The van der Waals surface area contributed by atoms with Crippen molar-refractivity contribution >= 4 is 23.5 Å². The van der Waals surface area contributed by atoms with Gasteiger partial charge in [-0.15, -0.1) is 0 Å². The predicted octanol–water partition coefficient (Wildman–Crippen LogP) is 10.1. The molecule has 1 N–H and O–H groups in total. The highest BCUT2D eigenvalue weighted by Gasteiger charge is 2.31. The Labute approximate surface area is 275 Å². The maximum atomic E-state index is 13.1. The fourth-order valence-corrected chi connectivity index (χ4v) is 4.15. The number of alkyl halides is 3. The molecule has 2 rings (SSSR count). The Morgan fingerprint density at radius 2 is 1.43 bits per heavy atom. The van der Waals surface area contributed by atoms with Crippen LogP contribution in [0.15, 0.2) is 109 Å². The summed E-state index contributed by atoms with van der Waals surface area (Å²) in [6, 6.07) is 10.4. The number of ether oxygens (including phenoxy) is 2. The summed E-state index contributed by atoms with van der Waals surface area (Å²) in [5.41, 5.74) is -0.553. The van der Waals surface area contributed by atoms with Crippen LogP contribution in [0.25, 0.3) is 0 Å². The number of amides is 1. The minimum Gasteiger partial charge on any atom is -0.474 e. The number of unbranched alkanes of at least 4 members (excludes halogenated alkanes) is 1. The van der Waals surface area contributed by atoms with Gasteiger partial charge in [0.1, 0.15) is 12.4 Å². The van der Waals surface area contributed by atoms with Crippen LogP contribution in [0.4, 0.5) is 13.2 Å². The first-order valence-electron chi connectivity index (χ1n) is 15.5. The van der Waals surface area contributed by atoms with Crippen molar-refractivity contribution in [1.29, 1.82) is 0 Å². The van der Waals surface area contributed by atoms with Gasteiger partial charge in [-0.05, 0) is 75.3 Å². The van der Waals surface area contributed by atoms with Crippen molar-refractivity contribution in [3.05, 3.63) is 125 Å². The fourth-order valence-electron chi connectivity index (χ4n) is 4.03. The second-order valence-corrected chi connectivity index (χ2v) is 10.6. The Morgan fingerprint density at radius 3 is 2.02 bits per heavy atom. The number of hydrogen-bond acceptors (Lipinski definition) is 4. The summed E-state index contributed by atoms with van der Waals surface area (Å²) < 4.78 is 50.4. The average Bonchev–Trinajstić information content (AvgIpc) is 3.03. The number of nitrogens with one attached hydrogen (secondary N) is 1. The molecule has 0 saturated heterocycles. The first kappa shape index (κ1) is 38.1. The van der Waals surface area contributed by atoms with Crippen LogP contribution in [0.3, 0.4) is 0 Å². The van der Waals surface area contributed by atoms with Crippen molar-refractivity contribution in [3.8, 4) is 5.75 Å². The van der Waals surface area contributed by atoms with Gasteiger partial charge in [0.05, 0.1) is 12.1 Å². The van der Waals surface area contributed by atoms with E-state index in [0.717, 1.165) is 50.7 Å². The Balaban J connectivity index is 1.66. The lowest BCUT2D eigenvalue weighted by Gasteiger charge is -2.19. The lowest BCUT2D eigenvalue weighted by Crippen LogP contribution is -2.29. The topological polar surface area (TPSA) is 64.6 Å². The van der Waals surface area contributed by atoms with Gasteiger partial charge in [-0.25, -0.2) is 4.79 Å². The van der Waals surface area contributed by atoms with Crippen LogP contribution in [0.1, 0.15) is 75.5 Å². The molecule has 0 fully saturated rings. The molecule has 0 aliphatic carbocycles. The predicted molar refractivity (Wildman–Crippen MR) is 179 cm³/mol. The molecule has 46 heavy (non-hydrogen) atoms. The molecule has 0 aliphatic rings. The minimum absolute atomic E-state index is 0.0864. The van der Waals surface area contributed by atoms with Crippen LogP contribution in [-0.2, 0) is 20.5 Å². The van der Waals surface area contributed by atoms with Crippen molar-refractivity contribution in [1.82, 2.24) is 5.32 Å². The summed E-state index contributed by atoms with van der Waals surface area (Å²) in [7, 11) is 0. The van der Waals surface area contributed by atoms with E-state index in [1.165, 1.54) is 36.4 Å². The van der Waals surface area contributed by atoms with E-state index in [4.69, 9.17) is 21.1 Å². The maximum absolute atomic E-state index is 13.1. The van der Waals surface area contributed by atoms with Gasteiger partial charge in [0.2, 0.25) is 12.0 Å². The third-order valence-corrected chi connectivity index (χ3v) is 6.65. The number of carbonyl (C=O) groups excluding carboxylic acids is 2. The van der Waals surface area contributed by atoms with Crippen molar-refractivity contribution in [2.24, 2.45) is 0 Å². The summed E-state index contributed by atoms with van der Waals surface area (Å²) in [5.74, 6) is -1.13. The molecule has 9 heteroatoms. The highest BCUT2D eigenvalue weighted by Crippen LogP contribution is 2.33. The lowest BCUT2D eigenvalue weighted by atomic mass is 10.1. The smallest absolute Gasteiger partial charge is 0.416 e. The summed E-state index contributed by atoms with van der Waals surface area (Å²) in [6.07, 6.45) is 22.0. The molecule has 1 amide bonds. The normalized spacial score (nSPS) is 13.0. The molecule has 248 valence electrons. The Bertz CT molecular complexity index is 1330. The molecule has 0 saturated carbocycles. The van der Waals surface area contributed by atoms with E-state index >= 15 is 0 Å². The van der Waals surface area contributed by atoms with Crippen molar-refractivity contribution in [2.45, 2.75) is 70.6 Å². The van der Waals surface area contributed by atoms with E-state index in [1.54, 1.807) is 0 Å². The quantitative estimate of drug-likeness (QED) is 0.0874. The number of hydrogen-bond donors (Lipinski definition) is 1. The minimum atomic E-state index is -4.57. The van der Waals surface area contributed by atoms with Gasteiger partial charge in [-0.3, -0.25) is 4.79 Å². The Kier molecular flexibility index (Phi) is 18.6. The van der Waals surface area contributed by atoms with Crippen molar-refractivity contribution in [3.63, 3.8) is 0 Å². The zero-order valence-corrected chi connectivity index (χ0v) is 26.9. The van der Waals surface area contributed by atoms with E-state index in [0.29, 0.717) is 23.4 Å². The molecule has 0 bridgehead atoms. The number of carbonyl (C=O) groups is 2. The highest BCUT2D eigenvalue weighted by atomic mass is 35.5. The molecule has 1 atom stereocenters. The number of rotatable bonds is 20. The molecule has 2 aromatic carbocycles. The van der Waals surface area contributed by atoms with E-state index in [-0.39, 0.29) is 24.8 Å². The third kappa shape index (κ3) is 16.9. The second-order valence-electron chi connectivity index (χ2n) is 10.2. The molecular weight excluding hydrogens is 615 g/mol. The van der Waals surface area contributed by atoms with Gasteiger partial charge >= 0.3 is 12.1 Å². The molecule has 5 nitrogen and oxygen atoms in total. The standard InChI is InChI=1S/C37H43ClF3NO4/c1-2-3-4-5-6-7-8-9-10-11-12-13-14-15-16-17-18-22-34(43)42-27-28-45-36(44)35(30-23-25-32(38)26-24-30)46-33-21-19-20-31(29-33)37(39,40)41/h3-4,6-7,9-10,12-13,15-16,19-21,23-26,29,35H,2,5,8,11,14,17-18,22,27-28H2,1H3,(H,42,43)/b4-3-,7-6-,10-9-,13-12-,16-15-/t35-/m1/s1. The highest BCUT2D eigenvalue weighted by molar-refractivity contribution is 6.30. The molecule has 2 aromatic rings. The van der Waals surface area contributed by atoms with Crippen molar-refractivity contribution in [2.75, 3.05) is 13.2 Å². The second kappa shape index (κ2) is 22.5. The van der Waals surface area contributed by atoms with Crippen LogP contribution in [-0.4, -0.2) is 25.0 Å². The van der Waals surface area contributed by atoms with Crippen LogP contribution in [0.5, 0.6) is 5.75 Å². The van der Waals surface area contributed by atoms with Crippen molar-refractivity contribution < 1.29 is 32.2 Å². The molecule has 0 unspecified atom stereocenters. The SMILES string of the molecule is CC/C=C\C/C=C\C/C=C\C/C=C\C/C=C\CCCC(=O)NCCOC(=O)[C@H](Oc1cccc(C(F)(F)F)c1)c1ccc(Cl)cc1. The van der Waals surface area contributed by atoms with Gasteiger partial charge in [0, 0.05) is 17.0 Å². The van der Waals surface area contributed by atoms with Gasteiger partial charge in [-0.1, -0.05) is 97.5 Å². The molecular formula is C37H43ClF3NO4. The third-order valence-electron chi connectivity index (χ3n) is 6.40. The van der Waals surface area contributed by atoms with Gasteiger partial charge in [-0.2, -0.15) is 13.2 Å². The summed E-state index contributed by atoms with van der Waals surface area (Å²) in [6.45, 7) is 2.08. The Hall–Kier alpha value is -4.04. The zero-order chi connectivity index (χ0) is 33.5. The number of benzene rings is 2. The van der Waals surface area contributed by atoms with Gasteiger partial charge in [0.15, 0.2) is 0 Å². The summed E-state index contributed by atoms with van der Waals surface area (Å²) >= 11 is 5.94. The Morgan fingerprint density at radius 1 is 0.848 bits per heavy atom. The lowest BCUT2D eigenvalue weighted by molar-refractivity contribution is -0.152. The first-order valence-corrected chi connectivity index (χ1v) is 15.9. The van der Waals surface area contributed by atoms with Gasteiger partial charge in [0.25, 0.3) is 0 Å². The molecule has 0 aromatic heterocycles. The van der Waals surface area contributed by atoms with Crippen LogP contribution in [0.2, 0.25) is 5.02 Å². The van der Waals surface area contributed by atoms with E-state index in [1.807, 2.05) is 6.08 Å². The van der Waals surface area contributed by atoms with E-state index in [2.05, 4.69) is 66.9 Å².